The molecule has 0 aliphatic rings. The second-order valence-electron chi connectivity index (χ2n) is 5.85. The van der Waals surface area contributed by atoms with Crippen molar-refractivity contribution in [1.82, 2.24) is 15.2 Å². The summed E-state index contributed by atoms with van der Waals surface area (Å²) < 4.78 is 10.6. The van der Waals surface area contributed by atoms with Crippen LogP contribution in [0.25, 0.3) is 11.4 Å². The normalized spacial score (nSPS) is 10.6. The molecule has 2 aromatic carbocycles. The Morgan fingerprint density at radius 1 is 1.18 bits per heavy atom. The van der Waals surface area contributed by atoms with E-state index in [0.717, 1.165) is 5.56 Å². The van der Waals surface area contributed by atoms with Crippen LogP contribution >= 0.6 is 23.4 Å². The van der Waals surface area contributed by atoms with E-state index in [4.69, 9.17) is 21.1 Å². The fourth-order valence-electron chi connectivity index (χ4n) is 2.53. The summed E-state index contributed by atoms with van der Waals surface area (Å²) in [6.45, 7) is 1.95. The minimum absolute atomic E-state index is 0.154. The summed E-state index contributed by atoms with van der Waals surface area (Å²) in [5.41, 5.74) is 2.36. The van der Waals surface area contributed by atoms with Gasteiger partial charge in [0.15, 0.2) is 5.82 Å². The molecule has 7 nitrogen and oxygen atoms in total. The van der Waals surface area contributed by atoms with Crippen molar-refractivity contribution in [3.63, 3.8) is 0 Å². The van der Waals surface area contributed by atoms with E-state index in [1.54, 1.807) is 32.4 Å². The number of carbonyl (C=O) groups excluding carboxylic acids is 1. The average Bonchev–Trinajstić information content (AvgIpc) is 3.15. The summed E-state index contributed by atoms with van der Waals surface area (Å²) >= 11 is 7.28. The molecule has 146 valence electrons. The van der Waals surface area contributed by atoms with E-state index < -0.39 is 0 Å². The van der Waals surface area contributed by atoms with Gasteiger partial charge in [0.2, 0.25) is 11.1 Å². The number of thioether (sulfide) groups is 1. The Labute approximate surface area is 171 Å². The van der Waals surface area contributed by atoms with Crippen LogP contribution in [0.2, 0.25) is 5.02 Å². The first-order valence-corrected chi connectivity index (χ1v) is 9.70. The number of methoxy groups -OCH3 is 2. The van der Waals surface area contributed by atoms with Crippen LogP contribution in [-0.4, -0.2) is 41.1 Å². The molecule has 1 aromatic heterocycles. The molecule has 0 saturated heterocycles. The van der Waals surface area contributed by atoms with E-state index in [1.807, 2.05) is 25.1 Å². The molecule has 3 aromatic rings. The molecule has 0 atom stereocenters. The van der Waals surface area contributed by atoms with Gasteiger partial charge in [0.25, 0.3) is 0 Å². The van der Waals surface area contributed by atoms with Gasteiger partial charge in [-0.15, -0.1) is 5.10 Å². The molecular weight excluding hydrogens is 400 g/mol. The molecular formula is C19H19ClN4O3S. The number of H-pyrrole nitrogens is 1. The molecule has 0 unspecified atom stereocenters. The van der Waals surface area contributed by atoms with Crippen molar-refractivity contribution < 1.29 is 14.3 Å². The summed E-state index contributed by atoms with van der Waals surface area (Å²) in [7, 11) is 3.14. The Morgan fingerprint density at radius 3 is 2.68 bits per heavy atom. The number of rotatable bonds is 7. The predicted octanol–water partition coefficient (Wildman–Crippen LogP) is 4.18. The Morgan fingerprint density at radius 2 is 1.93 bits per heavy atom. The summed E-state index contributed by atoms with van der Waals surface area (Å²) in [4.78, 5) is 16.7. The first kappa shape index (κ1) is 20.0. The number of aromatic nitrogens is 3. The zero-order valence-corrected chi connectivity index (χ0v) is 17.1. The standard InChI is InChI=1S/C19H19ClN4O3S/c1-11-4-6-16(27-3)14(8-11)21-17(25)10-28-19-22-18(23-24-19)13-9-12(20)5-7-15(13)26-2/h4-9H,10H2,1-3H3,(H,21,25)(H,22,23,24). The van der Waals surface area contributed by atoms with Crippen LogP contribution in [0.1, 0.15) is 5.56 Å². The van der Waals surface area contributed by atoms with Gasteiger partial charge in [-0.05, 0) is 42.8 Å². The quantitative estimate of drug-likeness (QED) is 0.559. The fraction of sp³-hybridized carbons (Fsp3) is 0.211. The van der Waals surface area contributed by atoms with Crippen LogP contribution in [0.3, 0.4) is 0 Å². The maximum atomic E-state index is 12.3. The number of hydrogen-bond donors (Lipinski definition) is 2. The number of halogens is 1. The van der Waals surface area contributed by atoms with E-state index in [0.29, 0.717) is 38.8 Å². The summed E-state index contributed by atoms with van der Waals surface area (Å²) in [5.74, 6) is 1.72. The molecule has 2 N–H and O–H groups in total. The molecule has 1 heterocycles. The first-order valence-electron chi connectivity index (χ1n) is 8.33. The highest BCUT2D eigenvalue weighted by molar-refractivity contribution is 7.99. The lowest BCUT2D eigenvalue weighted by Gasteiger charge is -2.10. The minimum Gasteiger partial charge on any atom is -0.496 e. The van der Waals surface area contributed by atoms with Gasteiger partial charge >= 0.3 is 0 Å². The molecule has 0 aliphatic carbocycles. The van der Waals surface area contributed by atoms with Crippen molar-refractivity contribution in [1.29, 1.82) is 0 Å². The molecule has 3 rings (SSSR count). The monoisotopic (exact) mass is 418 g/mol. The van der Waals surface area contributed by atoms with Gasteiger partial charge in [-0.3, -0.25) is 9.89 Å². The highest BCUT2D eigenvalue weighted by atomic mass is 35.5. The number of benzene rings is 2. The lowest BCUT2D eigenvalue weighted by molar-refractivity contribution is -0.113. The predicted molar refractivity (Wildman–Crippen MR) is 110 cm³/mol. The van der Waals surface area contributed by atoms with Gasteiger partial charge in [-0.2, -0.15) is 0 Å². The number of nitrogens with one attached hydrogen (secondary N) is 2. The molecule has 0 saturated carbocycles. The number of anilines is 1. The highest BCUT2D eigenvalue weighted by Gasteiger charge is 2.14. The highest BCUT2D eigenvalue weighted by Crippen LogP contribution is 2.31. The molecule has 0 spiro atoms. The van der Waals surface area contributed by atoms with E-state index in [-0.39, 0.29) is 11.7 Å². The first-order chi connectivity index (χ1) is 13.5. The fourth-order valence-corrected chi connectivity index (χ4v) is 3.30. The van der Waals surface area contributed by atoms with Gasteiger partial charge in [0.05, 0.1) is 31.2 Å². The van der Waals surface area contributed by atoms with E-state index in [9.17, 15) is 4.79 Å². The average molecular weight is 419 g/mol. The third kappa shape index (κ3) is 4.76. The Hall–Kier alpha value is -2.71. The molecule has 9 heteroatoms. The van der Waals surface area contributed by atoms with Crippen molar-refractivity contribution >= 4 is 35.0 Å². The van der Waals surface area contributed by atoms with Gasteiger partial charge in [0, 0.05) is 5.02 Å². The van der Waals surface area contributed by atoms with Crippen molar-refractivity contribution in [2.45, 2.75) is 12.1 Å². The SMILES string of the molecule is COc1ccc(C)cc1NC(=O)CSc1n[nH]c(-c2cc(Cl)ccc2OC)n1. The number of amides is 1. The largest absolute Gasteiger partial charge is 0.496 e. The van der Waals surface area contributed by atoms with E-state index >= 15 is 0 Å². The number of hydrogen-bond acceptors (Lipinski definition) is 6. The Bertz CT molecular complexity index is 993. The number of carbonyl (C=O) groups is 1. The van der Waals surface area contributed by atoms with Gasteiger partial charge in [-0.25, -0.2) is 4.98 Å². The van der Waals surface area contributed by atoms with Crippen molar-refractivity contribution in [3.8, 4) is 22.9 Å². The van der Waals surface area contributed by atoms with Crippen molar-refractivity contribution in [2.75, 3.05) is 25.3 Å². The Balaban J connectivity index is 1.66. The van der Waals surface area contributed by atoms with E-state index in [2.05, 4.69) is 20.5 Å². The number of ether oxygens (including phenoxy) is 2. The number of aryl methyl sites for hydroxylation is 1. The van der Waals surface area contributed by atoms with Crippen molar-refractivity contribution in [3.05, 3.63) is 47.0 Å². The molecule has 0 aliphatic heterocycles. The lowest BCUT2D eigenvalue weighted by Crippen LogP contribution is -2.15. The number of aromatic amines is 1. The zero-order chi connectivity index (χ0) is 20.1. The summed E-state index contributed by atoms with van der Waals surface area (Å²) in [6, 6.07) is 10.8. The third-order valence-corrected chi connectivity index (χ3v) is 4.93. The topological polar surface area (TPSA) is 89.1 Å². The van der Waals surface area contributed by atoms with Crippen LogP contribution < -0.4 is 14.8 Å². The Kier molecular flexibility index (Phi) is 6.43. The maximum Gasteiger partial charge on any atom is 0.234 e. The van der Waals surface area contributed by atoms with Crippen molar-refractivity contribution in [2.24, 2.45) is 0 Å². The summed E-state index contributed by atoms with van der Waals surface area (Å²) in [6.07, 6.45) is 0. The van der Waals surface area contributed by atoms with Gasteiger partial charge in [0.1, 0.15) is 11.5 Å². The van der Waals surface area contributed by atoms with E-state index in [1.165, 1.54) is 11.8 Å². The van der Waals surface area contributed by atoms with Crippen LogP contribution in [0.5, 0.6) is 11.5 Å². The second kappa shape index (κ2) is 8.99. The summed E-state index contributed by atoms with van der Waals surface area (Å²) in [5, 5.41) is 10.9. The molecule has 0 bridgehead atoms. The molecule has 1 amide bonds. The number of nitrogens with zero attached hydrogens (tertiary/aromatic N) is 2. The second-order valence-corrected chi connectivity index (χ2v) is 7.23. The van der Waals surface area contributed by atoms with Gasteiger partial charge < -0.3 is 14.8 Å². The molecule has 0 fully saturated rings. The molecule has 28 heavy (non-hydrogen) atoms. The minimum atomic E-state index is -0.180. The van der Waals surface area contributed by atoms with Crippen LogP contribution in [-0.2, 0) is 4.79 Å². The van der Waals surface area contributed by atoms with Crippen LogP contribution in [0, 0.1) is 6.92 Å². The van der Waals surface area contributed by atoms with Crippen LogP contribution in [0.15, 0.2) is 41.6 Å². The zero-order valence-electron chi connectivity index (χ0n) is 15.6. The molecule has 0 radical (unpaired) electrons. The van der Waals surface area contributed by atoms with Gasteiger partial charge in [-0.1, -0.05) is 29.4 Å². The maximum absolute atomic E-state index is 12.3. The third-order valence-electron chi connectivity index (χ3n) is 3.84. The van der Waals surface area contributed by atoms with Crippen LogP contribution in [0.4, 0.5) is 5.69 Å². The lowest BCUT2D eigenvalue weighted by atomic mass is 10.2. The smallest absolute Gasteiger partial charge is 0.234 e.